The van der Waals surface area contributed by atoms with Crippen LogP contribution in [0, 0.1) is 0 Å². The standard InChI is InChI=1S/C22H20N4O3S2/c27-22-15-26(9-8-25(22)14-18-11-17-13-23-7-5-20(17)24-18)31(28,29)10-6-19-12-16-3-1-2-4-21(16)30-19/h1-7,10-13,24H,8-9,14-15H2. The number of hydrogen-bond acceptors (Lipinski definition) is 5. The third kappa shape index (κ3) is 4.12. The molecule has 0 bridgehead atoms. The summed E-state index contributed by atoms with van der Waals surface area (Å²) in [6.45, 7) is 0.884. The average molecular weight is 453 g/mol. The van der Waals surface area contributed by atoms with Gasteiger partial charge in [-0.25, -0.2) is 8.42 Å². The third-order valence-electron chi connectivity index (χ3n) is 5.33. The zero-order chi connectivity index (χ0) is 21.4. The molecule has 1 N–H and O–H groups in total. The normalized spacial score (nSPS) is 16.1. The molecule has 0 aliphatic carbocycles. The van der Waals surface area contributed by atoms with E-state index in [9.17, 15) is 13.2 Å². The number of aromatic amines is 1. The number of nitrogens with one attached hydrogen (secondary N) is 1. The Balaban J connectivity index is 1.26. The zero-order valence-corrected chi connectivity index (χ0v) is 18.2. The van der Waals surface area contributed by atoms with Gasteiger partial charge in [-0.2, -0.15) is 4.31 Å². The van der Waals surface area contributed by atoms with Crippen molar-refractivity contribution in [1.29, 1.82) is 0 Å². The molecule has 1 saturated heterocycles. The fourth-order valence-corrected chi connectivity index (χ4v) is 5.89. The molecule has 0 saturated carbocycles. The number of H-pyrrole nitrogens is 1. The van der Waals surface area contributed by atoms with Crippen LogP contribution >= 0.6 is 11.3 Å². The van der Waals surface area contributed by atoms with Gasteiger partial charge in [0.05, 0.1) is 13.1 Å². The van der Waals surface area contributed by atoms with Gasteiger partial charge in [0.1, 0.15) is 0 Å². The van der Waals surface area contributed by atoms with Gasteiger partial charge < -0.3 is 9.88 Å². The zero-order valence-electron chi connectivity index (χ0n) is 16.6. The van der Waals surface area contributed by atoms with Crippen LogP contribution in [0.15, 0.2) is 60.3 Å². The van der Waals surface area contributed by atoms with Crippen molar-refractivity contribution in [3.05, 3.63) is 70.8 Å². The van der Waals surface area contributed by atoms with Crippen LogP contribution in [0.25, 0.3) is 27.1 Å². The minimum absolute atomic E-state index is 0.152. The van der Waals surface area contributed by atoms with Gasteiger partial charge in [0, 0.05) is 57.1 Å². The number of nitrogens with zero attached hydrogens (tertiary/aromatic N) is 3. The van der Waals surface area contributed by atoms with E-state index in [2.05, 4.69) is 9.97 Å². The Hall–Kier alpha value is -3.01. The number of fused-ring (bicyclic) bond motifs is 2. The van der Waals surface area contributed by atoms with Crippen LogP contribution in [0.3, 0.4) is 0 Å². The number of benzene rings is 1. The van der Waals surface area contributed by atoms with Crippen molar-refractivity contribution in [1.82, 2.24) is 19.2 Å². The minimum atomic E-state index is -3.67. The van der Waals surface area contributed by atoms with E-state index in [1.165, 1.54) is 21.1 Å². The minimum Gasteiger partial charge on any atom is -0.357 e. The van der Waals surface area contributed by atoms with E-state index < -0.39 is 10.0 Å². The van der Waals surface area contributed by atoms with Gasteiger partial charge in [0.2, 0.25) is 15.9 Å². The lowest BCUT2D eigenvalue weighted by molar-refractivity contribution is -0.134. The van der Waals surface area contributed by atoms with Crippen molar-refractivity contribution in [3.63, 3.8) is 0 Å². The Morgan fingerprint density at radius 2 is 2.00 bits per heavy atom. The summed E-state index contributed by atoms with van der Waals surface area (Å²) in [5, 5.41) is 3.27. The van der Waals surface area contributed by atoms with Crippen molar-refractivity contribution in [2.24, 2.45) is 0 Å². The van der Waals surface area contributed by atoms with E-state index >= 15 is 0 Å². The molecule has 5 rings (SSSR count). The number of hydrogen-bond donors (Lipinski definition) is 1. The number of aromatic nitrogens is 2. The molecule has 0 radical (unpaired) electrons. The Bertz CT molecular complexity index is 1340. The van der Waals surface area contributed by atoms with Gasteiger partial charge in [-0.05, 0) is 35.7 Å². The molecule has 4 aromatic rings. The second-order valence-electron chi connectivity index (χ2n) is 7.44. The van der Waals surface area contributed by atoms with Crippen molar-refractivity contribution in [2.75, 3.05) is 19.6 Å². The second-order valence-corrected chi connectivity index (χ2v) is 10.4. The van der Waals surface area contributed by atoms with Crippen LogP contribution in [-0.2, 0) is 21.4 Å². The summed E-state index contributed by atoms with van der Waals surface area (Å²) >= 11 is 1.54. The maximum absolute atomic E-state index is 12.8. The highest BCUT2D eigenvalue weighted by Crippen LogP contribution is 2.26. The molecule has 31 heavy (non-hydrogen) atoms. The van der Waals surface area contributed by atoms with Gasteiger partial charge in [-0.15, -0.1) is 11.3 Å². The highest BCUT2D eigenvalue weighted by Gasteiger charge is 2.30. The van der Waals surface area contributed by atoms with Crippen molar-refractivity contribution < 1.29 is 13.2 Å². The highest BCUT2D eigenvalue weighted by molar-refractivity contribution is 7.92. The molecule has 0 atom stereocenters. The SMILES string of the molecule is O=C1CN(S(=O)(=O)C=Cc2cc3ccccc3s2)CCN1Cc1cc2cnccc2[nH]1. The molecule has 3 aromatic heterocycles. The summed E-state index contributed by atoms with van der Waals surface area (Å²) in [5.74, 6) is -0.207. The Morgan fingerprint density at radius 3 is 2.81 bits per heavy atom. The van der Waals surface area contributed by atoms with Crippen LogP contribution in [0.2, 0.25) is 0 Å². The fourth-order valence-electron chi connectivity index (χ4n) is 3.72. The van der Waals surface area contributed by atoms with Crippen LogP contribution in [0.4, 0.5) is 0 Å². The van der Waals surface area contributed by atoms with E-state index in [1.807, 2.05) is 42.5 Å². The van der Waals surface area contributed by atoms with Crippen LogP contribution in [-0.4, -0.2) is 53.1 Å². The van der Waals surface area contributed by atoms with Gasteiger partial charge in [0.15, 0.2) is 0 Å². The van der Waals surface area contributed by atoms with E-state index in [1.54, 1.807) is 23.4 Å². The number of sulfonamides is 1. The first-order valence-corrected chi connectivity index (χ1v) is 12.2. The molecule has 9 heteroatoms. The van der Waals surface area contributed by atoms with E-state index in [-0.39, 0.29) is 19.0 Å². The molecular weight excluding hydrogens is 432 g/mol. The van der Waals surface area contributed by atoms with Crippen molar-refractivity contribution in [3.8, 4) is 0 Å². The number of piperazine rings is 1. The summed E-state index contributed by atoms with van der Waals surface area (Å²) in [7, 11) is -3.67. The van der Waals surface area contributed by atoms with Crippen LogP contribution in [0.1, 0.15) is 10.6 Å². The van der Waals surface area contributed by atoms with E-state index in [0.29, 0.717) is 13.1 Å². The van der Waals surface area contributed by atoms with Crippen molar-refractivity contribution >= 4 is 54.3 Å². The molecular formula is C22H20N4O3S2. The van der Waals surface area contributed by atoms with Crippen LogP contribution < -0.4 is 0 Å². The number of pyridine rings is 1. The molecule has 1 aliphatic heterocycles. The smallest absolute Gasteiger partial charge is 0.238 e. The molecule has 1 aromatic carbocycles. The quantitative estimate of drug-likeness (QED) is 0.503. The maximum Gasteiger partial charge on any atom is 0.238 e. The molecule has 7 nitrogen and oxygen atoms in total. The first kappa shape index (κ1) is 19.9. The first-order valence-electron chi connectivity index (χ1n) is 9.84. The average Bonchev–Trinajstić information content (AvgIpc) is 3.36. The molecule has 1 amide bonds. The lowest BCUT2D eigenvalue weighted by Gasteiger charge is -2.32. The Morgan fingerprint density at radius 1 is 1.13 bits per heavy atom. The summed E-state index contributed by atoms with van der Waals surface area (Å²) in [6.07, 6.45) is 5.09. The summed E-state index contributed by atoms with van der Waals surface area (Å²) < 4.78 is 27.9. The second kappa shape index (κ2) is 7.92. The lowest BCUT2D eigenvalue weighted by Crippen LogP contribution is -2.51. The predicted molar refractivity (Wildman–Crippen MR) is 123 cm³/mol. The van der Waals surface area contributed by atoms with E-state index in [0.717, 1.165) is 31.6 Å². The molecule has 0 spiro atoms. The Labute approximate surface area is 183 Å². The summed E-state index contributed by atoms with van der Waals surface area (Å²) in [6, 6.07) is 13.7. The maximum atomic E-state index is 12.8. The fraction of sp³-hybridized carbons (Fsp3) is 0.182. The van der Waals surface area contributed by atoms with Gasteiger partial charge in [-0.1, -0.05) is 18.2 Å². The number of rotatable bonds is 5. The number of carbonyl (C=O) groups excluding carboxylic acids is 1. The van der Waals surface area contributed by atoms with Gasteiger partial charge in [0.25, 0.3) is 0 Å². The van der Waals surface area contributed by atoms with Gasteiger partial charge >= 0.3 is 0 Å². The van der Waals surface area contributed by atoms with Gasteiger partial charge in [-0.3, -0.25) is 9.78 Å². The number of carbonyl (C=O) groups is 1. The molecule has 158 valence electrons. The number of amides is 1. The van der Waals surface area contributed by atoms with Crippen LogP contribution in [0.5, 0.6) is 0 Å². The molecule has 0 unspecified atom stereocenters. The van der Waals surface area contributed by atoms with Crippen molar-refractivity contribution in [2.45, 2.75) is 6.54 Å². The predicted octanol–water partition coefficient (Wildman–Crippen LogP) is 3.42. The first-order chi connectivity index (χ1) is 15.0. The molecule has 1 fully saturated rings. The lowest BCUT2D eigenvalue weighted by atomic mass is 10.2. The highest BCUT2D eigenvalue weighted by atomic mass is 32.2. The topological polar surface area (TPSA) is 86.4 Å². The summed E-state index contributed by atoms with van der Waals surface area (Å²) in [4.78, 5) is 22.6. The monoisotopic (exact) mass is 452 g/mol. The Kier molecular flexibility index (Phi) is 5.09. The number of thiophene rings is 1. The largest absolute Gasteiger partial charge is 0.357 e. The molecule has 4 heterocycles. The molecule has 1 aliphatic rings. The third-order valence-corrected chi connectivity index (χ3v) is 7.92. The summed E-state index contributed by atoms with van der Waals surface area (Å²) in [5.41, 5.74) is 1.86. The van der Waals surface area contributed by atoms with E-state index in [4.69, 9.17) is 0 Å².